The lowest BCUT2D eigenvalue weighted by atomic mass is 10.1. The van der Waals surface area contributed by atoms with E-state index in [-0.39, 0.29) is 0 Å². The molecular formula is C25H26N2O. The molecule has 0 bridgehead atoms. The molecule has 0 fully saturated rings. The summed E-state index contributed by atoms with van der Waals surface area (Å²) in [6.07, 6.45) is 2.05. The minimum Gasteiger partial charge on any atom is -0.494 e. The summed E-state index contributed by atoms with van der Waals surface area (Å²) in [5.41, 5.74) is 5.88. The Balaban J connectivity index is 1.44. The minimum atomic E-state index is 0.732. The van der Waals surface area contributed by atoms with Crippen molar-refractivity contribution >= 4 is 11.0 Å². The number of hydrogen-bond donors (Lipinski definition) is 0. The molecule has 0 spiro atoms. The van der Waals surface area contributed by atoms with Gasteiger partial charge >= 0.3 is 0 Å². The maximum Gasteiger partial charge on any atom is 0.141 e. The highest BCUT2D eigenvalue weighted by atomic mass is 16.5. The van der Waals surface area contributed by atoms with Crippen molar-refractivity contribution in [2.45, 2.75) is 33.2 Å². The predicted octanol–water partition coefficient (Wildman–Crippen LogP) is 6.18. The molecule has 0 aliphatic heterocycles. The van der Waals surface area contributed by atoms with Gasteiger partial charge in [0.15, 0.2) is 0 Å². The average molecular weight is 370 g/mol. The Labute approximate surface area is 166 Å². The molecule has 4 rings (SSSR count). The third kappa shape index (κ3) is 4.09. The lowest BCUT2D eigenvalue weighted by Crippen LogP contribution is -2.04. The molecule has 0 aliphatic carbocycles. The van der Waals surface area contributed by atoms with Gasteiger partial charge in [0.2, 0.25) is 0 Å². The molecule has 1 heterocycles. The maximum absolute atomic E-state index is 5.96. The molecule has 0 N–H and O–H groups in total. The van der Waals surface area contributed by atoms with Gasteiger partial charge in [0.05, 0.1) is 17.6 Å². The Morgan fingerprint density at radius 3 is 2.32 bits per heavy atom. The number of aromatic nitrogens is 2. The number of rotatable bonds is 7. The molecule has 0 unspecified atom stereocenters. The second kappa shape index (κ2) is 8.30. The zero-order valence-electron chi connectivity index (χ0n) is 16.6. The van der Waals surface area contributed by atoms with Crippen LogP contribution in [0.1, 0.15) is 24.0 Å². The fourth-order valence-electron chi connectivity index (χ4n) is 3.69. The number of hydrogen-bond acceptors (Lipinski definition) is 2. The van der Waals surface area contributed by atoms with Gasteiger partial charge in [-0.1, -0.05) is 48.5 Å². The van der Waals surface area contributed by atoms with Gasteiger partial charge in [-0.25, -0.2) is 4.98 Å². The first-order valence-corrected chi connectivity index (χ1v) is 9.92. The van der Waals surface area contributed by atoms with Crippen LogP contribution < -0.4 is 4.74 Å². The molecule has 0 saturated heterocycles. The lowest BCUT2D eigenvalue weighted by Gasteiger charge is -2.11. The smallest absolute Gasteiger partial charge is 0.141 e. The van der Waals surface area contributed by atoms with E-state index in [1.54, 1.807) is 0 Å². The van der Waals surface area contributed by atoms with E-state index < -0.39 is 0 Å². The average Bonchev–Trinajstić information content (AvgIpc) is 3.06. The van der Waals surface area contributed by atoms with Crippen molar-refractivity contribution in [3.8, 4) is 17.1 Å². The van der Waals surface area contributed by atoms with Gasteiger partial charge < -0.3 is 9.30 Å². The highest BCUT2D eigenvalue weighted by molar-refractivity contribution is 5.80. The van der Waals surface area contributed by atoms with Crippen molar-refractivity contribution < 1.29 is 4.74 Å². The third-order valence-corrected chi connectivity index (χ3v) is 4.93. The second-order valence-corrected chi connectivity index (χ2v) is 7.32. The molecule has 4 aromatic rings. The van der Waals surface area contributed by atoms with Crippen molar-refractivity contribution in [3.63, 3.8) is 0 Å². The molecule has 0 amide bonds. The number of imidazole rings is 1. The lowest BCUT2D eigenvalue weighted by molar-refractivity contribution is 0.303. The number of nitrogens with zero attached hydrogens (tertiary/aromatic N) is 2. The van der Waals surface area contributed by atoms with Gasteiger partial charge in [0, 0.05) is 12.1 Å². The van der Waals surface area contributed by atoms with Crippen molar-refractivity contribution in [2.24, 2.45) is 0 Å². The maximum atomic E-state index is 5.96. The Bertz CT molecular complexity index is 1050. The van der Waals surface area contributed by atoms with Gasteiger partial charge in [0.25, 0.3) is 0 Å². The van der Waals surface area contributed by atoms with Crippen LogP contribution in [0.5, 0.6) is 5.75 Å². The third-order valence-electron chi connectivity index (χ3n) is 4.93. The standard InChI is InChI=1S/C25H26N2O/c1-19-16-20(2)18-22(17-19)28-15-9-8-14-27-24-13-7-6-12-23(24)26-25(27)21-10-4-3-5-11-21/h3-7,10-13,16-18H,8-9,14-15H2,1-2H3. The first kappa shape index (κ1) is 18.3. The van der Waals surface area contributed by atoms with Crippen LogP contribution in [0.25, 0.3) is 22.4 Å². The molecule has 0 atom stereocenters. The largest absolute Gasteiger partial charge is 0.494 e. The van der Waals surface area contributed by atoms with E-state index in [1.165, 1.54) is 16.6 Å². The van der Waals surface area contributed by atoms with Crippen LogP contribution in [-0.2, 0) is 6.54 Å². The van der Waals surface area contributed by atoms with Crippen molar-refractivity contribution in [1.29, 1.82) is 0 Å². The topological polar surface area (TPSA) is 27.1 Å². The molecule has 3 aromatic carbocycles. The second-order valence-electron chi connectivity index (χ2n) is 7.32. The molecule has 1 aromatic heterocycles. The van der Waals surface area contributed by atoms with E-state index in [1.807, 2.05) is 12.1 Å². The van der Waals surface area contributed by atoms with E-state index >= 15 is 0 Å². The molecular weight excluding hydrogens is 344 g/mol. The van der Waals surface area contributed by atoms with Crippen LogP contribution in [0.2, 0.25) is 0 Å². The predicted molar refractivity (Wildman–Crippen MR) is 116 cm³/mol. The van der Waals surface area contributed by atoms with Crippen LogP contribution in [0.4, 0.5) is 0 Å². The minimum absolute atomic E-state index is 0.732. The summed E-state index contributed by atoms with van der Waals surface area (Å²) < 4.78 is 8.30. The summed E-state index contributed by atoms with van der Waals surface area (Å²) in [5.74, 6) is 2.01. The molecule has 142 valence electrons. The van der Waals surface area contributed by atoms with Crippen molar-refractivity contribution in [3.05, 3.63) is 83.9 Å². The Kier molecular flexibility index (Phi) is 5.43. The van der Waals surface area contributed by atoms with Gasteiger partial charge in [-0.3, -0.25) is 0 Å². The highest BCUT2D eigenvalue weighted by Gasteiger charge is 2.11. The first-order valence-electron chi connectivity index (χ1n) is 9.92. The Hall–Kier alpha value is -3.07. The number of para-hydroxylation sites is 2. The first-order chi connectivity index (χ1) is 13.7. The van der Waals surface area contributed by atoms with E-state index in [0.717, 1.165) is 48.6 Å². The Morgan fingerprint density at radius 1 is 0.821 bits per heavy atom. The molecule has 0 saturated carbocycles. The molecule has 0 radical (unpaired) electrons. The van der Waals surface area contributed by atoms with Crippen LogP contribution in [0.3, 0.4) is 0 Å². The van der Waals surface area contributed by atoms with Crippen molar-refractivity contribution in [1.82, 2.24) is 9.55 Å². The van der Waals surface area contributed by atoms with Gasteiger partial charge in [-0.05, 0) is 62.1 Å². The van der Waals surface area contributed by atoms with E-state index in [0.29, 0.717) is 0 Å². The molecule has 3 heteroatoms. The number of fused-ring (bicyclic) bond motifs is 1. The highest BCUT2D eigenvalue weighted by Crippen LogP contribution is 2.25. The summed E-state index contributed by atoms with van der Waals surface area (Å²) >= 11 is 0. The summed E-state index contributed by atoms with van der Waals surface area (Å²) in [7, 11) is 0. The fourth-order valence-corrected chi connectivity index (χ4v) is 3.69. The van der Waals surface area contributed by atoms with Crippen LogP contribution in [0.15, 0.2) is 72.8 Å². The fraction of sp³-hybridized carbons (Fsp3) is 0.240. The number of ether oxygens (including phenoxy) is 1. The number of aryl methyl sites for hydroxylation is 3. The number of unbranched alkanes of at least 4 members (excludes halogenated alkanes) is 1. The van der Waals surface area contributed by atoms with E-state index in [2.05, 4.69) is 79.1 Å². The zero-order chi connectivity index (χ0) is 19.3. The van der Waals surface area contributed by atoms with Crippen LogP contribution >= 0.6 is 0 Å². The molecule has 28 heavy (non-hydrogen) atoms. The van der Waals surface area contributed by atoms with Gasteiger partial charge in [-0.2, -0.15) is 0 Å². The summed E-state index contributed by atoms with van der Waals surface area (Å²) in [4.78, 5) is 4.88. The Morgan fingerprint density at radius 2 is 1.54 bits per heavy atom. The number of benzene rings is 3. The van der Waals surface area contributed by atoms with E-state index in [4.69, 9.17) is 9.72 Å². The van der Waals surface area contributed by atoms with Crippen LogP contribution in [0, 0.1) is 13.8 Å². The zero-order valence-corrected chi connectivity index (χ0v) is 16.6. The van der Waals surface area contributed by atoms with Gasteiger partial charge in [0.1, 0.15) is 11.6 Å². The quantitative estimate of drug-likeness (QED) is 0.363. The summed E-state index contributed by atoms with van der Waals surface area (Å²) in [6.45, 7) is 5.88. The van der Waals surface area contributed by atoms with Gasteiger partial charge in [-0.15, -0.1) is 0 Å². The molecule has 3 nitrogen and oxygen atoms in total. The van der Waals surface area contributed by atoms with Crippen LogP contribution in [-0.4, -0.2) is 16.2 Å². The summed E-state index contributed by atoms with van der Waals surface area (Å²) in [6, 6.07) is 25.2. The monoisotopic (exact) mass is 370 g/mol. The van der Waals surface area contributed by atoms with Crippen molar-refractivity contribution in [2.75, 3.05) is 6.61 Å². The SMILES string of the molecule is Cc1cc(C)cc(OCCCCn2c(-c3ccccc3)nc3ccccc32)c1. The molecule has 0 aliphatic rings. The summed E-state index contributed by atoms with van der Waals surface area (Å²) in [5, 5.41) is 0. The van der Waals surface area contributed by atoms with E-state index in [9.17, 15) is 0 Å². The normalized spacial score (nSPS) is 11.1.